The number of carbonyl (C=O) groups is 1. The number of aliphatic hydroxyl groups excluding tert-OH is 2. The molecule has 0 saturated carbocycles. The van der Waals surface area contributed by atoms with Crippen LogP contribution in [0.15, 0.2) is 11.6 Å². The van der Waals surface area contributed by atoms with Gasteiger partial charge in [0.05, 0.1) is 12.2 Å². The smallest absolute Gasteiger partial charge is 0.333 e. The van der Waals surface area contributed by atoms with Crippen molar-refractivity contribution in [3.63, 3.8) is 0 Å². The van der Waals surface area contributed by atoms with E-state index in [0.29, 0.717) is 18.4 Å². The molecule has 2 N–H and O–H groups in total. The van der Waals surface area contributed by atoms with Crippen LogP contribution >= 0.6 is 0 Å². The van der Waals surface area contributed by atoms with Crippen LogP contribution < -0.4 is 0 Å². The molecule has 0 aromatic rings. The number of allylic oxidation sites excluding steroid dienone is 1. The van der Waals surface area contributed by atoms with Crippen molar-refractivity contribution in [1.29, 1.82) is 0 Å². The first-order valence-corrected chi connectivity index (χ1v) is 6.37. The maximum absolute atomic E-state index is 11.7. The predicted octanol–water partition coefficient (Wildman–Crippen LogP) is 0.0626. The van der Waals surface area contributed by atoms with Gasteiger partial charge >= 0.3 is 5.97 Å². The Bertz CT molecular complexity index is 342. The number of piperidine rings is 1. The first-order valence-electron chi connectivity index (χ1n) is 6.37. The molecule has 2 rings (SSSR count). The van der Waals surface area contributed by atoms with Gasteiger partial charge in [0.25, 0.3) is 0 Å². The van der Waals surface area contributed by atoms with Crippen molar-refractivity contribution in [2.45, 2.75) is 57.1 Å². The summed E-state index contributed by atoms with van der Waals surface area (Å²) in [5.74, 6) is -0.310. The van der Waals surface area contributed by atoms with E-state index in [1.807, 2.05) is 11.9 Å². The lowest BCUT2D eigenvalue weighted by molar-refractivity contribution is -0.148. The molecule has 4 unspecified atom stereocenters. The van der Waals surface area contributed by atoms with Crippen LogP contribution in [0.3, 0.4) is 0 Å². The summed E-state index contributed by atoms with van der Waals surface area (Å²) in [7, 11) is 1.89. The Morgan fingerprint density at radius 2 is 1.78 bits per heavy atom. The average Bonchev–Trinajstić information content (AvgIpc) is 2.50. The Balaban J connectivity index is 2.02. The van der Waals surface area contributed by atoms with Crippen LogP contribution in [0.25, 0.3) is 0 Å². The molecule has 0 aromatic carbocycles. The SMILES string of the molecule is C/C=C(\C)C(=O)OC1CC2C(O)C(O)C(C1)N2C. The zero-order valence-electron chi connectivity index (χ0n) is 11.0. The fourth-order valence-corrected chi connectivity index (χ4v) is 2.89. The molecule has 0 spiro atoms. The van der Waals surface area contributed by atoms with Gasteiger partial charge in [0.15, 0.2) is 0 Å². The fourth-order valence-electron chi connectivity index (χ4n) is 2.89. The third-order valence-electron chi connectivity index (χ3n) is 4.22. The number of rotatable bonds is 2. The molecule has 102 valence electrons. The molecule has 2 aliphatic heterocycles. The molecular weight excluding hydrogens is 234 g/mol. The van der Waals surface area contributed by atoms with Crippen molar-refractivity contribution in [2.75, 3.05) is 7.05 Å². The second-order valence-electron chi connectivity index (χ2n) is 5.25. The molecule has 0 aliphatic carbocycles. The largest absolute Gasteiger partial charge is 0.459 e. The molecule has 0 radical (unpaired) electrons. The highest BCUT2D eigenvalue weighted by atomic mass is 16.5. The maximum Gasteiger partial charge on any atom is 0.333 e. The molecule has 2 saturated heterocycles. The van der Waals surface area contributed by atoms with Crippen LogP contribution in [0.2, 0.25) is 0 Å². The molecule has 5 nitrogen and oxygen atoms in total. The molecule has 0 amide bonds. The Hall–Kier alpha value is -0.910. The van der Waals surface area contributed by atoms with E-state index in [4.69, 9.17) is 4.74 Å². The summed E-state index contributed by atoms with van der Waals surface area (Å²) < 4.78 is 5.41. The summed E-state index contributed by atoms with van der Waals surface area (Å²) in [5.41, 5.74) is 0.586. The van der Waals surface area contributed by atoms with Crippen LogP contribution in [0.4, 0.5) is 0 Å². The molecule has 2 bridgehead atoms. The first kappa shape index (κ1) is 13.5. The van der Waals surface area contributed by atoms with Crippen molar-refractivity contribution >= 4 is 5.97 Å². The summed E-state index contributed by atoms with van der Waals surface area (Å²) in [5, 5.41) is 19.8. The highest BCUT2D eigenvalue weighted by Gasteiger charge is 2.51. The topological polar surface area (TPSA) is 70.0 Å². The number of hydrogen-bond acceptors (Lipinski definition) is 5. The van der Waals surface area contributed by atoms with Crippen molar-refractivity contribution in [2.24, 2.45) is 0 Å². The van der Waals surface area contributed by atoms with E-state index in [1.165, 1.54) is 0 Å². The summed E-state index contributed by atoms with van der Waals surface area (Å²) in [6.45, 7) is 3.51. The lowest BCUT2D eigenvalue weighted by Crippen LogP contribution is -2.46. The van der Waals surface area contributed by atoms with Gasteiger partial charge in [-0.3, -0.25) is 4.90 Å². The third-order valence-corrected chi connectivity index (χ3v) is 4.22. The number of nitrogens with zero attached hydrogens (tertiary/aromatic N) is 1. The minimum atomic E-state index is -0.744. The van der Waals surface area contributed by atoms with Crippen molar-refractivity contribution in [3.8, 4) is 0 Å². The van der Waals surface area contributed by atoms with Crippen molar-refractivity contribution in [3.05, 3.63) is 11.6 Å². The van der Waals surface area contributed by atoms with E-state index in [1.54, 1.807) is 19.9 Å². The zero-order valence-corrected chi connectivity index (χ0v) is 11.0. The Morgan fingerprint density at radius 1 is 1.28 bits per heavy atom. The maximum atomic E-state index is 11.7. The number of ether oxygens (including phenoxy) is 1. The molecular formula is C13H21NO4. The molecule has 2 fully saturated rings. The van der Waals surface area contributed by atoms with Crippen LogP contribution in [0.5, 0.6) is 0 Å². The Labute approximate surface area is 107 Å². The van der Waals surface area contributed by atoms with Gasteiger partial charge in [0.1, 0.15) is 6.10 Å². The number of hydrogen-bond donors (Lipinski definition) is 2. The number of likely N-dealkylation sites (N-methyl/N-ethyl adjacent to an activating group) is 1. The van der Waals surface area contributed by atoms with Crippen LogP contribution in [-0.4, -0.2) is 58.5 Å². The van der Waals surface area contributed by atoms with E-state index < -0.39 is 12.2 Å². The predicted molar refractivity (Wildman–Crippen MR) is 65.9 cm³/mol. The quantitative estimate of drug-likeness (QED) is 0.539. The highest BCUT2D eigenvalue weighted by Crippen LogP contribution is 2.36. The average molecular weight is 255 g/mol. The Morgan fingerprint density at radius 3 is 2.22 bits per heavy atom. The van der Waals surface area contributed by atoms with Crippen LogP contribution in [-0.2, 0) is 9.53 Å². The molecule has 5 heteroatoms. The normalized spacial score (nSPS) is 40.9. The van der Waals surface area contributed by atoms with Crippen LogP contribution in [0, 0.1) is 0 Å². The van der Waals surface area contributed by atoms with E-state index in [-0.39, 0.29) is 24.2 Å². The monoisotopic (exact) mass is 255 g/mol. The summed E-state index contributed by atoms with van der Waals surface area (Å²) in [6, 6.07) is -0.245. The van der Waals surface area contributed by atoms with Gasteiger partial charge in [0, 0.05) is 30.5 Å². The molecule has 2 heterocycles. The van der Waals surface area contributed by atoms with Crippen molar-refractivity contribution in [1.82, 2.24) is 4.90 Å². The number of carbonyl (C=O) groups excluding carboxylic acids is 1. The zero-order chi connectivity index (χ0) is 13.4. The number of fused-ring (bicyclic) bond motifs is 2. The van der Waals surface area contributed by atoms with Gasteiger partial charge in [-0.25, -0.2) is 4.79 Å². The fraction of sp³-hybridized carbons (Fsp3) is 0.769. The number of aliphatic hydroxyl groups is 2. The summed E-state index contributed by atoms with van der Waals surface area (Å²) in [4.78, 5) is 13.7. The van der Waals surface area contributed by atoms with Gasteiger partial charge < -0.3 is 14.9 Å². The Kier molecular flexibility index (Phi) is 3.75. The number of esters is 1. The van der Waals surface area contributed by atoms with Gasteiger partial charge in [-0.1, -0.05) is 6.08 Å². The van der Waals surface area contributed by atoms with E-state index >= 15 is 0 Å². The first-order chi connectivity index (χ1) is 8.45. The van der Waals surface area contributed by atoms with E-state index in [9.17, 15) is 15.0 Å². The van der Waals surface area contributed by atoms with Gasteiger partial charge in [-0.2, -0.15) is 0 Å². The molecule has 18 heavy (non-hydrogen) atoms. The van der Waals surface area contributed by atoms with E-state index in [2.05, 4.69) is 0 Å². The molecule has 2 aliphatic rings. The second kappa shape index (κ2) is 4.99. The van der Waals surface area contributed by atoms with Gasteiger partial charge in [-0.15, -0.1) is 0 Å². The van der Waals surface area contributed by atoms with Gasteiger partial charge in [-0.05, 0) is 20.9 Å². The lowest BCUT2D eigenvalue weighted by Gasteiger charge is -2.35. The standard InChI is InChI=1S/C13H21NO4/c1-4-7(2)13(17)18-8-5-9-11(15)12(16)10(6-8)14(9)3/h4,8-12,15-16H,5-6H2,1-3H3/b7-4+. The third kappa shape index (κ3) is 2.18. The van der Waals surface area contributed by atoms with E-state index in [0.717, 1.165) is 0 Å². The summed E-state index contributed by atoms with van der Waals surface area (Å²) in [6.07, 6.45) is 1.17. The molecule has 4 atom stereocenters. The highest BCUT2D eigenvalue weighted by molar-refractivity contribution is 5.87. The van der Waals surface area contributed by atoms with Crippen molar-refractivity contribution < 1.29 is 19.7 Å². The van der Waals surface area contributed by atoms with Gasteiger partial charge in [0.2, 0.25) is 0 Å². The lowest BCUT2D eigenvalue weighted by atomic mass is 10.00. The van der Waals surface area contributed by atoms with Crippen LogP contribution in [0.1, 0.15) is 26.7 Å². The molecule has 0 aromatic heterocycles. The minimum absolute atomic E-state index is 0.123. The second-order valence-corrected chi connectivity index (χ2v) is 5.25. The summed E-state index contributed by atoms with van der Waals surface area (Å²) >= 11 is 0. The minimum Gasteiger partial charge on any atom is -0.459 e.